The van der Waals surface area contributed by atoms with Crippen molar-refractivity contribution in [2.75, 3.05) is 6.54 Å². The van der Waals surface area contributed by atoms with E-state index in [9.17, 15) is 9.59 Å². The summed E-state index contributed by atoms with van der Waals surface area (Å²) in [4.78, 5) is 23.2. The molecule has 1 amide bonds. The monoisotopic (exact) mass is 344 g/mol. The summed E-state index contributed by atoms with van der Waals surface area (Å²) in [7, 11) is 0. The summed E-state index contributed by atoms with van der Waals surface area (Å²) in [5, 5.41) is 2.55. The fourth-order valence-corrected chi connectivity index (χ4v) is 1.60. The average molecular weight is 345 g/mol. The number of hydrogen-bond acceptors (Lipinski definition) is 5. The van der Waals surface area contributed by atoms with E-state index in [4.69, 9.17) is 15.2 Å². The van der Waals surface area contributed by atoms with Gasteiger partial charge in [0.05, 0.1) is 0 Å². The molecule has 7 heteroatoms. The fraction of sp³-hybridized carbons (Fsp3) is 0.500. The molecule has 0 aromatic heterocycles. The van der Waals surface area contributed by atoms with Gasteiger partial charge >= 0.3 is 12.1 Å². The molecular weight excluding hydrogens is 320 g/mol. The van der Waals surface area contributed by atoms with Crippen LogP contribution in [0.5, 0.6) is 0 Å². The van der Waals surface area contributed by atoms with Crippen molar-refractivity contribution in [3.63, 3.8) is 0 Å². The number of nitrogens with two attached hydrogens (primary N) is 1. The first-order chi connectivity index (χ1) is 10.3. The molecule has 0 heterocycles. The lowest BCUT2D eigenvalue weighted by Gasteiger charge is -2.20. The Morgan fingerprint density at radius 1 is 1.22 bits per heavy atom. The summed E-state index contributed by atoms with van der Waals surface area (Å²) in [6, 6.07) is 8.57. The number of alkyl carbamates (subject to hydrolysis) is 1. The SMILES string of the molecule is CC(C)(C)OC(=O)NCC[C@H](N)C(=O)OCc1ccccc1.Cl. The number of esters is 1. The third kappa shape index (κ3) is 9.76. The molecule has 0 aliphatic carbocycles. The van der Waals surface area contributed by atoms with Gasteiger partial charge in [0, 0.05) is 6.54 Å². The quantitative estimate of drug-likeness (QED) is 0.773. The summed E-state index contributed by atoms with van der Waals surface area (Å²) in [5.74, 6) is -0.491. The van der Waals surface area contributed by atoms with Gasteiger partial charge in [-0.2, -0.15) is 0 Å². The first kappa shape index (κ1) is 21.2. The Kier molecular flexibility index (Phi) is 9.29. The summed E-state index contributed by atoms with van der Waals surface area (Å²) in [6.07, 6.45) is -0.246. The van der Waals surface area contributed by atoms with Gasteiger partial charge in [0.25, 0.3) is 0 Å². The maximum Gasteiger partial charge on any atom is 0.407 e. The maximum absolute atomic E-state index is 11.7. The molecule has 1 aromatic rings. The highest BCUT2D eigenvalue weighted by molar-refractivity contribution is 5.85. The predicted molar refractivity (Wildman–Crippen MR) is 90.3 cm³/mol. The number of benzene rings is 1. The zero-order chi connectivity index (χ0) is 16.6. The van der Waals surface area contributed by atoms with E-state index in [1.807, 2.05) is 30.3 Å². The third-order valence-corrected chi connectivity index (χ3v) is 2.65. The van der Waals surface area contributed by atoms with Crippen LogP contribution in [0.2, 0.25) is 0 Å². The van der Waals surface area contributed by atoms with Crippen molar-refractivity contribution in [2.45, 2.75) is 45.4 Å². The molecule has 0 bridgehead atoms. The van der Waals surface area contributed by atoms with E-state index in [1.165, 1.54) is 0 Å². The summed E-state index contributed by atoms with van der Waals surface area (Å²) >= 11 is 0. The lowest BCUT2D eigenvalue weighted by Crippen LogP contribution is -2.38. The molecule has 1 rings (SSSR count). The molecule has 0 saturated carbocycles. The van der Waals surface area contributed by atoms with E-state index in [0.29, 0.717) is 0 Å². The van der Waals surface area contributed by atoms with Gasteiger partial charge < -0.3 is 20.5 Å². The standard InChI is InChI=1S/C16H24N2O4.ClH/c1-16(2,3)22-15(20)18-10-9-13(17)14(19)21-11-12-7-5-4-6-8-12;/h4-8,13H,9-11,17H2,1-3H3,(H,18,20);1H/t13-;/m0./s1. The largest absolute Gasteiger partial charge is 0.460 e. The second-order valence-corrected chi connectivity index (χ2v) is 5.92. The smallest absolute Gasteiger partial charge is 0.407 e. The number of rotatable bonds is 6. The summed E-state index contributed by atoms with van der Waals surface area (Å²) < 4.78 is 10.2. The molecule has 0 spiro atoms. The van der Waals surface area contributed by atoms with Crippen molar-refractivity contribution in [1.29, 1.82) is 0 Å². The normalized spacial score (nSPS) is 11.8. The highest BCUT2D eigenvalue weighted by Crippen LogP contribution is 2.06. The highest BCUT2D eigenvalue weighted by atomic mass is 35.5. The Labute approximate surface area is 143 Å². The molecular formula is C16H25ClN2O4. The molecule has 0 radical (unpaired) electrons. The first-order valence-electron chi connectivity index (χ1n) is 7.21. The van der Waals surface area contributed by atoms with Gasteiger partial charge in [0.15, 0.2) is 0 Å². The van der Waals surface area contributed by atoms with Crippen LogP contribution < -0.4 is 11.1 Å². The van der Waals surface area contributed by atoms with Crippen LogP contribution in [-0.2, 0) is 20.9 Å². The van der Waals surface area contributed by atoms with Crippen molar-refractivity contribution < 1.29 is 19.1 Å². The van der Waals surface area contributed by atoms with E-state index in [2.05, 4.69) is 5.32 Å². The van der Waals surface area contributed by atoms with E-state index in [0.717, 1.165) is 5.56 Å². The molecule has 0 fully saturated rings. The van der Waals surface area contributed by atoms with E-state index in [1.54, 1.807) is 20.8 Å². The van der Waals surface area contributed by atoms with Gasteiger partial charge in [0.2, 0.25) is 0 Å². The second-order valence-electron chi connectivity index (χ2n) is 5.92. The van der Waals surface area contributed by atoms with Crippen LogP contribution in [0.4, 0.5) is 4.79 Å². The number of halogens is 1. The van der Waals surface area contributed by atoms with Crippen molar-refractivity contribution in [3.05, 3.63) is 35.9 Å². The van der Waals surface area contributed by atoms with E-state index < -0.39 is 23.7 Å². The van der Waals surface area contributed by atoms with Crippen molar-refractivity contribution >= 4 is 24.5 Å². The third-order valence-electron chi connectivity index (χ3n) is 2.65. The molecule has 130 valence electrons. The minimum atomic E-state index is -0.779. The van der Waals surface area contributed by atoms with Crippen LogP contribution in [-0.4, -0.2) is 30.3 Å². The van der Waals surface area contributed by atoms with Gasteiger partial charge in [-0.25, -0.2) is 4.79 Å². The second kappa shape index (κ2) is 10.1. The van der Waals surface area contributed by atoms with Crippen LogP contribution >= 0.6 is 12.4 Å². The van der Waals surface area contributed by atoms with Gasteiger partial charge in [-0.05, 0) is 32.8 Å². The topological polar surface area (TPSA) is 90.6 Å². The number of carbonyl (C=O) groups excluding carboxylic acids is 2. The van der Waals surface area contributed by atoms with Crippen LogP contribution in [0, 0.1) is 0 Å². The van der Waals surface area contributed by atoms with Crippen LogP contribution in [0.3, 0.4) is 0 Å². The van der Waals surface area contributed by atoms with E-state index >= 15 is 0 Å². The predicted octanol–water partition coefficient (Wildman–Crippen LogP) is 2.39. The van der Waals surface area contributed by atoms with Crippen LogP contribution in [0.1, 0.15) is 32.8 Å². The van der Waals surface area contributed by atoms with Gasteiger partial charge in [0.1, 0.15) is 18.2 Å². The van der Waals surface area contributed by atoms with Crippen molar-refractivity contribution in [1.82, 2.24) is 5.32 Å². The average Bonchev–Trinajstić information content (AvgIpc) is 2.43. The zero-order valence-electron chi connectivity index (χ0n) is 13.7. The van der Waals surface area contributed by atoms with Crippen LogP contribution in [0.15, 0.2) is 30.3 Å². The molecule has 3 N–H and O–H groups in total. The minimum Gasteiger partial charge on any atom is -0.460 e. The number of nitrogens with one attached hydrogen (secondary N) is 1. The van der Waals surface area contributed by atoms with Gasteiger partial charge in [-0.15, -0.1) is 12.4 Å². The lowest BCUT2D eigenvalue weighted by atomic mass is 10.2. The maximum atomic E-state index is 11.7. The molecule has 0 aliphatic rings. The first-order valence-corrected chi connectivity index (χ1v) is 7.21. The number of carbonyl (C=O) groups is 2. The van der Waals surface area contributed by atoms with Crippen molar-refractivity contribution in [3.8, 4) is 0 Å². The highest BCUT2D eigenvalue weighted by Gasteiger charge is 2.18. The molecule has 1 atom stereocenters. The lowest BCUT2D eigenvalue weighted by molar-refractivity contribution is -0.146. The summed E-state index contributed by atoms with van der Waals surface area (Å²) in [6.45, 7) is 5.77. The number of amides is 1. The van der Waals surface area contributed by atoms with Gasteiger partial charge in [-0.3, -0.25) is 4.79 Å². The minimum absolute atomic E-state index is 0. The zero-order valence-corrected chi connectivity index (χ0v) is 14.5. The molecule has 0 saturated heterocycles. The Morgan fingerprint density at radius 3 is 2.39 bits per heavy atom. The fourth-order valence-electron chi connectivity index (χ4n) is 1.60. The Hall–Kier alpha value is -1.79. The Bertz CT molecular complexity index is 489. The number of ether oxygens (including phenoxy) is 2. The number of hydrogen-bond donors (Lipinski definition) is 2. The summed E-state index contributed by atoms with van der Waals surface area (Å²) in [5.41, 5.74) is 6.07. The molecule has 23 heavy (non-hydrogen) atoms. The van der Waals surface area contributed by atoms with Crippen LogP contribution in [0.25, 0.3) is 0 Å². The Morgan fingerprint density at radius 2 is 1.83 bits per heavy atom. The molecule has 0 aliphatic heterocycles. The van der Waals surface area contributed by atoms with E-state index in [-0.39, 0.29) is 32.0 Å². The molecule has 1 aromatic carbocycles. The Balaban J connectivity index is 0.00000484. The van der Waals surface area contributed by atoms with Gasteiger partial charge in [-0.1, -0.05) is 30.3 Å². The molecule has 6 nitrogen and oxygen atoms in total. The van der Waals surface area contributed by atoms with Crippen molar-refractivity contribution in [2.24, 2.45) is 5.73 Å². The molecule has 0 unspecified atom stereocenters.